The standard InChI is InChI=1S/C33H33N3O3S/c1-22-14-16-24(17-15-22)36-31(38)29-30(25-11-5-4-10-23(25)20-33(29)18-8-3-9-19-33)35-32(36)40-21-28(37)34-26-12-6-7-13-27(26)39-2/h4-7,10-17H,3,8-9,18-21H2,1-2H3,(H,34,37). The fourth-order valence-corrected chi connectivity index (χ4v) is 7.08. The van der Waals surface area contributed by atoms with Crippen molar-refractivity contribution in [3.63, 3.8) is 0 Å². The molecule has 204 valence electrons. The molecule has 2 aliphatic rings. The molecule has 6 rings (SSSR count). The van der Waals surface area contributed by atoms with Crippen molar-refractivity contribution in [1.82, 2.24) is 9.55 Å². The number of hydrogen-bond acceptors (Lipinski definition) is 5. The van der Waals surface area contributed by atoms with Crippen LogP contribution >= 0.6 is 11.8 Å². The predicted molar refractivity (Wildman–Crippen MR) is 161 cm³/mol. The van der Waals surface area contributed by atoms with Crippen LogP contribution in [0, 0.1) is 6.92 Å². The van der Waals surface area contributed by atoms with Crippen LogP contribution in [0.5, 0.6) is 5.75 Å². The highest BCUT2D eigenvalue weighted by Crippen LogP contribution is 2.49. The first-order chi connectivity index (χ1) is 19.5. The summed E-state index contributed by atoms with van der Waals surface area (Å²) >= 11 is 1.28. The number of para-hydroxylation sites is 2. The van der Waals surface area contributed by atoms with Crippen molar-refractivity contribution in [3.8, 4) is 22.7 Å². The van der Waals surface area contributed by atoms with Crippen LogP contribution in [0.1, 0.15) is 48.8 Å². The number of methoxy groups -OCH3 is 1. The minimum Gasteiger partial charge on any atom is -0.495 e. The molecule has 1 heterocycles. The van der Waals surface area contributed by atoms with E-state index in [1.807, 2.05) is 49.4 Å². The Morgan fingerprint density at radius 1 is 1.00 bits per heavy atom. The monoisotopic (exact) mass is 551 g/mol. The molecule has 1 spiro atoms. The summed E-state index contributed by atoms with van der Waals surface area (Å²) in [5, 5.41) is 3.46. The zero-order chi connectivity index (χ0) is 27.7. The first-order valence-corrected chi connectivity index (χ1v) is 14.9. The van der Waals surface area contributed by atoms with Gasteiger partial charge in [0.2, 0.25) is 5.91 Å². The third-order valence-electron chi connectivity index (χ3n) is 8.20. The molecule has 7 heteroatoms. The second-order valence-corrected chi connectivity index (χ2v) is 11.7. The number of carbonyl (C=O) groups is 1. The van der Waals surface area contributed by atoms with Crippen LogP contribution in [0.3, 0.4) is 0 Å². The lowest BCUT2D eigenvalue weighted by molar-refractivity contribution is -0.113. The van der Waals surface area contributed by atoms with Gasteiger partial charge in [0.25, 0.3) is 5.56 Å². The van der Waals surface area contributed by atoms with Crippen LogP contribution in [-0.4, -0.2) is 28.3 Å². The van der Waals surface area contributed by atoms with Crippen LogP contribution in [-0.2, 0) is 16.6 Å². The van der Waals surface area contributed by atoms with Gasteiger partial charge < -0.3 is 10.1 Å². The molecule has 4 aromatic rings. The summed E-state index contributed by atoms with van der Waals surface area (Å²) in [4.78, 5) is 32.9. The summed E-state index contributed by atoms with van der Waals surface area (Å²) in [6.07, 6.45) is 6.29. The lowest BCUT2D eigenvalue weighted by Crippen LogP contribution is -2.43. The van der Waals surface area contributed by atoms with Gasteiger partial charge >= 0.3 is 0 Å². The Bertz CT molecular complexity index is 1620. The van der Waals surface area contributed by atoms with E-state index in [0.717, 1.165) is 60.2 Å². The molecule has 40 heavy (non-hydrogen) atoms. The number of benzene rings is 3. The van der Waals surface area contributed by atoms with Crippen molar-refractivity contribution < 1.29 is 9.53 Å². The maximum atomic E-state index is 14.6. The Balaban J connectivity index is 1.46. The zero-order valence-electron chi connectivity index (χ0n) is 22.9. The molecule has 0 radical (unpaired) electrons. The number of nitrogens with one attached hydrogen (secondary N) is 1. The maximum Gasteiger partial charge on any atom is 0.263 e. The van der Waals surface area contributed by atoms with E-state index in [4.69, 9.17) is 9.72 Å². The maximum absolute atomic E-state index is 14.6. The summed E-state index contributed by atoms with van der Waals surface area (Å²) in [5.41, 5.74) is 6.18. The van der Waals surface area contributed by atoms with Gasteiger partial charge in [0, 0.05) is 11.0 Å². The smallest absolute Gasteiger partial charge is 0.263 e. The van der Waals surface area contributed by atoms with Crippen molar-refractivity contribution in [2.45, 2.75) is 56.0 Å². The van der Waals surface area contributed by atoms with Gasteiger partial charge in [-0.3, -0.25) is 14.2 Å². The highest BCUT2D eigenvalue weighted by Gasteiger charge is 2.43. The number of aryl methyl sites for hydroxylation is 1. The van der Waals surface area contributed by atoms with Gasteiger partial charge in [-0.2, -0.15) is 0 Å². The fourth-order valence-electron chi connectivity index (χ4n) is 6.27. The average molecular weight is 552 g/mol. The van der Waals surface area contributed by atoms with Gasteiger partial charge in [0.1, 0.15) is 5.75 Å². The second kappa shape index (κ2) is 11.0. The molecule has 1 N–H and O–H groups in total. The minimum absolute atomic E-state index is 0.0158. The number of ether oxygens (including phenoxy) is 1. The molecular weight excluding hydrogens is 518 g/mol. The Labute approximate surface area is 238 Å². The van der Waals surface area contributed by atoms with E-state index in [2.05, 4.69) is 23.5 Å². The fraction of sp³-hybridized carbons (Fsp3) is 0.303. The number of anilines is 1. The normalized spacial score (nSPS) is 15.2. The van der Waals surface area contributed by atoms with Gasteiger partial charge in [-0.1, -0.05) is 85.1 Å². The van der Waals surface area contributed by atoms with E-state index in [0.29, 0.717) is 16.6 Å². The molecular formula is C33H33N3O3S. The van der Waals surface area contributed by atoms with Crippen molar-refractivity contribution in [1.29, 1.82) is 0 Å². The SMILES string of the molecule is COc1ccccc1NC(=O)CSc1nc2c(c(=O)n1-c1ccc(C)cc1)C1(CCCCC1)Cc1ccccc1-2. The van der Waals surface area contributed by atoms with E-state index in [1.165, 1.54) is 23.7 Å². The van der Waals surface area contributed by atoms with Gasteiger partial charge in [-0.15, -0.1) is 0 Å². The number of amides is 1. The summed E-state index contributed by atoms with van der Waals surface area (Å²) in [5.74, 6) is 0.502. The molecule has 0 unspecified atom stereocenters. The van der Waals surface area contributed by atoms with Crippen molar-refractivity contribution >= 4 is 23.4 Å². The van der Waals surface area contributed by atoms with E-state index in [-0.39, 0.29) is 22.6 Å². The van der Waals surface area contributed by atoms with Gasteiger partial charge in [0.05, 0.1) is 35.5 Å². The van der Waals surface area contributed by atoms with Gasteiger partial charge in [0.15, 0.2) is 5.16 Å². The first-order valence-electron chi connectivity index (χ1n) is 13.9. The number of carbonyl (C=O) groups excluding carboxylic acids is 1. The molecule has 0 aliphatic heterocycles. The van der Waals surface area contributed by atoms with E-state index < -0.39 is 0 Å². The molecule has 1 aromatic heterocycles. The largest absolute Gasteiger partial charge is 0.495 e. The molecule has 1 fully saturated rings. The Kier molecular flexibility index (Phi) is 7.24. The van der Waals surface area contributed by atoms with Crippen LogP contribution in [0.15, 0.2) is 82.7 Å². The Morgan fingerprint density at radius 2 is 1.73 bits per heavy atom. The van der Waals surface area contributed by atoms with Crippen molar-refractivity contribution in [3.05, 3.63) is 99.8 Å². The molecule has 0 bridgehead atoms. The number of nitrogens with zero attached hydrogens (tertiary/aromatic N) is 2. The predicted octanol–water partition coefficient (Wildman–Crippen LogP) is 6.71. The highest BCUT2D eigenvalue weighted by atomic mass is 32.2. The molecule has 1 amide bonds. The molecule has 6 nitrogen and oxygen atoms in total. The molecule has 1 saturated carbocycles. The Hall–Kier alpha value is -3.84. The van der Waals surface area contributed by atoms with E-state index in [1.54, 1.807) is 23.8 Å². The van der Waals surface area contributed by atoms with Gasteiger partial charge in [-0.25, -0.2) is 4.98 Å². The molecule has 0 saturated heterocycles. The van der Waals surface area contributed by atoms with Crippen LogP contribution in [0.2, 0.25) is 0 Å². The second-order valence-electron chi connectivity index (χ2n) is 10.8. The first kappa shape index (κ1) is 26.4. The van der Waals surface area contributed by atoms with Crippen molar-refractivity contribution in [2.75, 3.05) is 18.2 Å². The molecule has 2 aliphatic carbocycles. The number of aromatic nitrogens is 2. The Morgan fingerprint density at radius 3 is 2.50 bits per heavy atom. The van der Waals surface area contributed by atoms with Crippen molar-refractivity contribution in [2.24, 2.45) is 0 Å². The van der Waals surface area contributed by atoms with E-state index in [9.17, 15) is 9.59 Å². The zero-order valence-corrected chi connectivity index (χ0v) is 23.7. The number of fused-ring (bicyclic) bond motifs is 4. The lowest BCUT2D eigenvalue weighted by atomic mass is 9.62. The minimum atomic E-state index is -0.205. The third kappa shape index (κ3) is 4.83. The van der Waals surface area contributed by atoms with Crippen LogP contribution in [0.25, 0.3) is 16.9 Å². The quantitative estimate of drug-likeness (QED) is 0.213. The number of hydrogen-bond donors (Lipinski definition) is 1. The highest BCUT2D eigenvalue weighted by molar-refractivity contribution is 7.99. The topological polar surface area (TPSA) is 73.2 Å². The third-order valence-corrected chi connectivity index (χ3v) is 9.14. The summed E-state index contributed by atoms with van der Waals surface area (Å²) in [6.45, 7) is 2.03. The lowest BCUT2D eigenvalue weighted by Gasteiger charge is -2.42. The van der Waals surface area contributed by atoms with Crippen LogP contribution in [0.4, 0.5) is 5.69 Å². The van der Waals surface area contributed by atoms with Gasteiger partial charge in [-0.05, 0) is 56.0 Å². The van der Waals surface area contributed by atoms with Crippen LogP contribution < -0.4 is 15.6 Å². The molecule has 3 aromatic carbocycles. The average Bonchev–Trinajstić information content (AvgIpc) is 2.97. The summed E-state index contributed by atoms with van der Waals surface area (Å²) in [6, 6.07) is 23.6. The number of thioether (sulfide) groups is 1. The number of rotatable bonds is 6. The van der Waals surface area contributed by atoms with E-state index >= 15 is 0 Å². The summed E-state index contributed by atoms with van der Waals surface area (Å²) in [7, 11) is 1.58. The molecule has 0 atom stereocenters. The summed E-state index contributed by atoms with van der Waals surface area (Å²) < 4.78 is 7.11.